The lowest BCUT2D eigenvalue weighted by molar-refractivity contribution is -0.384. The number of nitro benzene ring substituents is 1. The van der Waals surface area contributed by atoms with Crippen molar-refractivity contribution in [1.29, 1.82) is 0 Å². The molecular weight excluding hydrogens is 434 g/mol. The van der Waals surface area contributed by atoms with E-state index in [-0.39, 0.29) is 17.9 Å². The fourth-order valence-corrected chi connectivity index (χ4v) is 3.28. The Bertz CT molecular complexity index is 1090. The molecular formula is C21H21N5O5S. The number of benzene rings is 2. The summed E-state index contributed by atoms with van der Waals surface area (Å²) in [5.41, 5.74) is 1.16. The van der Waals surface area contributed by atoms with Gasteiger partial charge >= 0.3 is 5.97 Å². The van der Waals surface area contributed by atoms with Crippen LogP contribution in [0, 0.1) is 10.1 Å². The minimum atomic E-state index is -0.904. The number of nitrogens with one attached hydrogen (secondary N) is 1. The summed E-state index contributed by atoms with van der Waals surface area (Å²) in [7, 11) is 0. The summed E-state index contributed by atoms with van der Waals surface area (Å²) in [6, 6.07) is 13.8. The van der Waals surface area contributed by atoms with Gasteiger partial charge in [0.1, 0.15) is 18.3 Å². The Morgan fingerprint density at radius 3 is 2.72 bits per heavy atom. The van der Waals surface area contributed by atoms with Gasteiger partial charge in [0.25, 0.3) is 11.6 Å². The summed E-state index contributed by atoms with van der Waals surface area (Å²) in [5.74, 6) is -0.599. The summed E-state index contributed by atoms with van der Waals surface area (Å²) in [6.07, 6.45) is 3.88. The molecule has 0 bridgehead atoms. The maximum atomic E-state index is 12.6. The molecule has 1 N–H and O–H groups in total. The molecule has 3 aromatic rings. The van der Waals surface area contributed by atoms with Gasteiger partial charge in [-0.25, -0.2) is 9.48 Å². The molecule has 1 atom stereocenters. The first-order chi connectivity index (χ1) is 15.5. The summed E-state index contributed by atoms with van der Waals surface area (Å²) in [6.45, 7) is -0.103. The molecule has 0 radical (unpaired) electrons. The van der Waals surface area contributed by atoms with Crippen LogP contribution < -0.4 is 5.32 Å². The maximum Gasteiger partial charge on any atom is 0.329 e. The van der Waals surface area contributed by atoms with Crippen molar-refractivity contribution in [3.63, 3.8) is 0 Å². The van der Waals surface area contributed by atoms with E-state index in [9.17, 15) is 19.7 Å². The first-order valence-electron chi connectivity index (χ1n) is 9.65. The van der Waals surface area contributed by atoms with E-state index in [1.54, 1.807) is 10.9 Å². The lowest BCUT2D eigenvalue weighted by Crippen LogP contribution is -2.42. The summed E-state index contributed by atoms with van der Waals surface area (Å²) >= 11 is 1.52. The van der Waals surface area contributed by atoms with Crippen molar-refractivity contribution in [1.82, 2.24) is 20.3 Å². The van der Waals surface area contributed by atoms with Crippen LogP contribution >= 0.6 is 11.8 Å². The van der Waals surface area contributed by atoms with Crippen LogP contribution in [0.3, 0.4) is 0 Å². The molecule has 10 nitrogen and oxygen atoms in total. The van der Waals surface area contributed by atoms with Gasteiger partial charge in [-0.15, -0.1) is 5.10 Å². The Labute approximate surface area is 188 Å². The summed E-state index contributed by atoms with van der Waals surface area (Å²) in [5, 5.41) is 21.6. The van der Waals surface area contributed by atoms with Crippen LogP contribution in [0.2, 0.25) is 0 Å². The zero-order valence-electron chi connectivity index (χ0n) is 17.2. The molecule has 0 fully saturated rings. The van der Waals surface area contributed by atoms with Gasteiger partial charge in [0.05, 0.1) is 16.8 Å². The molecule has 0 saturated carbocycles. The molecule has 2 aromatic carbocycles. The van der Waals surface area contributed by atoms with Gasteiger partial charge < -0.3 is 10.1 Å². The first kappa shape index (κ1) is 22.9. The number of thioether (sulfide) groups is 1. The monoisotopic (exact) mass is 455 g/mol. The standard InChI is InChI=1S/C21H21N5O5S/c1-32-11-10-19(22-20(27)15-6-5-9-18(12-15)26(29)30)21(28)31-14-16-13-25(24-23-16)17-7-3-2-4-8-17/h2-9,12-13,19H,10-11,14H2,1H3,(H,22,27). The van der Waals surface area contributed by atoms with Crippen molar-refractivity contribution in [3.8, 4) is 5.69 Å². The topological polar surface area (TPSA) is 129 Å². The molecule has 166 valence electrons. The second kappa shape index (κ2) is 11.0. The number of nitro groups is 1. The van der Waals surface area contributed by atoms with Crippen molar-refractivity contribution in [3.05, 3.63) is 82.2 Å². The number of esters is 1. The predicted octanol–water partition coefficient (Wildman–Crippen LogP) is 2.77. The van der Waals surface area contributed by atoms with Crippen LogP contribution in [0.5, 0.6) is 0 Å². The van der Waals surface area contributed by atoms with Gasteiger partial charge in [0.15, 0.2) is 0 Å². The second-order valence-corrected chi connectivity index (χ2v) is 7.70. The SMILES string of the molecule is CSCCC(NC(=O)c1cccc([N+](=O)[O-])c1)C(=O)OCc1cn(-c2ccccc2)nn1. The van der Waals surface area contributed by atoms with Crippen molar-refractivity contribution < 1.29 is 19.2 Å². The molecule has 0 aliphatic rings. The third-order valence-corrected chi connectivity index (χ3v) is 5.09. The van der Waals surface area contributed by atoms with E-state index in [4.69, 9.17) is 4.74 Å². The third kappa shape index (κ3) is 6.14. The van der Waals surface area contributed by atoms with Crippen LogP contribution in [-0.2, 0) is 16.1 Å². The van der Waals surface area contributed by atoms with Gasteiger partial charge in [0.2, 0.25) is 0 Å². The molecule has 1 amide bonds. The predicted molar refractivity (Wildman–Crippen MR) is 119 cm³/mol. The molecule has 0 aliphatic heterocycles. The lowest BCUT2D eigenvalue weighted by Gasteiger charge is -2.17. The molecule has 3 rings (SSSR count). The van der Waals surface area contributed by atoms with E-state index >= 15 is 0 Å². The van der Waals surface area contributed by atoms with E-state index in [0.717, 1.165) is 11.8 Å². The zero-order chi connectivity index (χ0) is 22.9. The van der Waals surface area contributed by atoms with Gasteiger partial charge in [-0.1, -0.05) is 29.5 Å². The Balaban J connectivity index is 1.63. The number of nitrogens with zero attached hydrogens (tertiary/aromatic N) is 4. The number of ether oxygens (including phenoxy) is 1. The fraction of sp³-hybridized carbons (Fsp3) is 0.238. The minimum absolute atomic E-state index is 0.0898. The van der Waals surface area contributed by atoms with Gasteiger partial charge in [-0.3, -0.25) is 14.9 Å². The lowest BCUT2D eigenvalue weighted by atomic mass is 10.1. The average Bonchev–Trinajstić information content (AvgIpc) is 3.30. The highest BCUT2D eigenvalue weighted by Crippen LogP contribution is 2.14. The van der Waals surface area contributed by atoms with E-state index < -0.39 is 22.8 Å². The Hall–Kier alpha value is -3.73. The summed E-state index contributed by atoms with van der Waals surface area (Å²) in [4.78, 5) is 35.5. The third-order valence-electron chi connectivity index (χ3n) is 4.44. The normalized spacial score (nSPS) is 11.5. The number of hydrogen-bond donors (Lipinski definition) is 1. The molecule has 32 heavy (non-hydrogen) atoms. The highest BCUT2D eigenvalue weighted by Gasteiger charge is 2.24. The first-order valence-corrected chi connectivity index (χ1v) is 11.0. The smallest absolute Gasteiger partial charge is 0.329 e. The fourth-order valence-electron chi connectivity index (χ4n) is 2.80. The van der Waals surface area contributed by atoms with E-state index in [1.807, 2.05) is 36.6 Å². The number of rotatable bonds is 10. The number of aromatic nitrogens is 3. The number of hydrogen-bond acceptors (Lipinski definition) is 8. The van der Waals surface area contributed by atoms with E-state index in [2.05, 4.69) is 15.6 Å². The summed E-state index contributed by atoms with van der Waals surface area (Å²) < 4.78 is 6.92. The van der Waals surface area contributed by atoms with Gasteiger partial charge in [-0.05, 0) is 36.6 Å². The van der Waals surface area contributed by atoms with Crippen LogP contribution in [0.4, 0.5) is 5.69 Å². The minimum Gasteiger partial charge on any atom is -0.458 e. The van der Waals surface area contributed by atoms with Gasteiger partial charge in [0, 0.05) is 17.7 Å². The molecule has 1 heterocycles. The van der Waals surface area contributed by atoms with Crippen molar-refractivity contribution in [2.75, 3.05) is 12.0 Å². The highest BCUT2D eigenvalue weighted by molar-refractivity contribution is 7.98. The number of para-hydroxylation sites is 1. The quantitative estimate of drug-likeness (QED) is 0.281. The zero-order valence-corrected chi connectivity index (χ0v) is 18.0. The molecule has 0 aliphatic carbocycles. The number of carbonyl (C=O) groups excluding carboxylic acids is 2. The molecule has 1 unspecified atom stereocenters. The van der Waals surface area contributed by atoms with Crippen molar-refractivity contribution in [2.45, 2.75) is 19.1 Å². The van der Waals surface area contributed by atoms with Crippen LogP contribution in [0.15, 0.2) is 60.8 Å². The highest BCUT2D eigenvalue weighted by atomic mass is 32.2. The van der Waals surface area contributed by atoms with Gasteiger partial charge in [-0.2, -0.15) is 11.8 Å². The molecule has 1 aromatic heterocycles. The Kier molecular flexibility index (Phi) is 7.92. The molecule has 0 spiro atoms. The van der Waals surface area contributed by atoms with Crippen molar-refractivity contribution in [2.24, 2.45) is 0 Å². The van der Waals surface area contributed by atoms with E-state index in [1.165, 1.54) is 30.0 Å². The molecule has 11 heteroatoms. The Morgan fingerprint density at radius 2 is 2.00 bits per heavy atom. The maximum absolute atomic E-state index is 12.6. The molecule has 0 saturated heterocycles. The number of non-ortho nitro benzene ring substituents is 1. The number of amides is 1. The largest absolute Gasteiger partial charge is 0.458 e. The second-order valence-electron chi connectivity index (χ2n) is 6.71. The van der Waals surface area contributed by atoms with E-state index in [0.29, 0.717) is 17.9 Å². The van der Waals surface area contributed by atoms with Crippen molar-refractivity contribution >= 4 is 29.3 Å². The van der Waals surface area contributed by atoms with Crippen LogP contribution in [0.25, 0.3) is 5.69 Å². The van der Waals surface area contributed by atoms with Crippen LogP contribution in [-0.4, -0.2) is 49.8 Å². The average molecular weight is 455 g/mol. The Morgan fingerprint density at radius 1 is 1.22 bits per heavy atom. The van der Waals surface area contributed by atoms with Crippen LogP contribution in [0.1, 0.15) is 22.5 Å². The number of carbonyl (C=O) groups is 2.